The molecule has 0 amide bonds. The van der Waals surface area contributed by atoms with E-state index in [0.717, 1.165) is 0 Å². The average molecular weight is 177 g/mol. The average Bonchev–Trinajstić information content (AvgIpc) is 2.10. The monoisotopic (exact) mass is 177 g/mol. The summed E-state index contributed by atoms with van der Waals surface area (Å²) in [4.78, 5) is 10.4. The van der Waals surface area contributed by atoms with Crippen molar-refractivity contribution in [3.8, 4) is 6.07 Å². The molecule has 0 heterocycles. The highest BCUT2D eigenvalue weighted by molar-refractivity contribution is 5.91. The van der Waals surface area contributed by atoms with Crippen LogP contribution in [0.25, 0.3) is 0 Å². The number of hydrogen-bond donors (Lipinski definition) is 1. The minimum absolute atomic E-state index is 0.283. The molecule has 0 aliphatic rings. The van der Waals surface area contributed by atoms with Crippen molar-refractivity contribution in [1.29, 1.82) is 5.26 Å². The van der Waals surface area contributed by atoms with Crippen molar-refractivity contribution in [2.24, 2.45) is 0 Å². The van der Waals surface area contributed by atoms with Gasteiger partial charge in [0.25, 0.3) is 0 Å². The summed E-state index contributed by atoms with van der Waals surface area (Å²) in [7, 11) is 0. The molecule has 0 atom stereocenters. The van der Waals surface area contributed by atoms with Gasteiger partial charge in [-0.25, -0.2) is 4.79 Å². The van der Waals surface area contributed by atoms with Crippen molar-refractivity contribution in [3.63, 3.8) is 0 Å². The smallest absolute Gasteiger partial charge is 0.346 e. The lowest BCUT2D eigenvalue weighted by atomic mass is 10.1. The van der Waals surface area contributed by atoms with Gasteiger partial charge >= 0.3 is 5.97 Å². The van der Waals surface area contributed by atoms with Crippen LogP contribution >= 0.6 is 0 Å². The Morgan fingerprint density at radius 1 is 1.69 bits per heavy atom. The van der Waals surface area contributed by atoms with Crippen LogP contribution < -0.4 is 0 Å². The van der Waals surface area contributed by atoms with Gasteiger partial charge in [0.05, 0.1) is 0 Å². The van der Waals surface area contributed by atoms with Crippen LogP contribution in [0.15, 0.2) is 36.0 Å². The first-order valence-electron chi connectivity index (χ1n) is 3.75. The normalized spacial score (nSPS) is 11.2. The van der Waals surface area contributed by atoms with E-state index >= 15 is 0 Å². The van der Waals surface area contributed by atoms with Gasteiger partial charge in [-0.05, 0) is 25.0 Å². The second-order valence-corrected chi connectivity index (χ2v) is 2.41. The maximum absolute atomic E-state index is 10.4. The van der Waals surface area contributed by atoms with E-state index in [4.69, 9.17) is 10.4 Å². The van der Waals surface area contributed by atoms with E-state index in [1.54, 1.807) is 6.07 Å². The molecule has 68 valence electrons. The molecule has 0 aliphatic carbocycles. The molecule has 0 aromatic heterocycles. The summed E-state index contributed by atoms with van der Waals surface area (Å²) in [6.07, 6.45) is 5.53. The quantitative estimate of drug-likeness (QED) is 0.309. The minimum Gasteiger partial charge on any atom is -0.477 e. The topological polar surface area (TPSA) is 61.1 Å². The fourth-order valence-electron chi connectivity index (χ4n) is 0.674. The van der Waals surface area contributed by atoms with E-state index in [2.05, 4.69) is 6.58 Å². The summed E-state index contributed by atoms with van der Waals surface area (Å²) in [5.41, 5.74) is 0.326. The van der Waals surface area contributed by atoms with Crippen molar-refractivity contribution in [2.45, 2.75) is 13.3 Å². The summed E-state index contributed by atoms with van der Waals surface area (Å²) in [5, 5.41) is 16.9. The molecular formula is C10H11NO2. The molecule has 13 heavy (non-hydrogen) atoms. The second-order valence-electron chi connectivity index (χ2n) is 2.41. The van der Waals surface area contributed by atoms with Crippen molar-refractivity contribution >= 4 is 5.97 Å². The Labute approximate surface area is 77.3 Å². The number of allylic oxidation sites excluding steroid dienone is 4. The molecule has 0 aromatic carbocycles. The molecule has 0 radical (unpaired) electrons. The van der Waals surface area contributed by atoms with Crippen molar-refractivity contribution in [3.05, 3.63) is 36.0 Å². The zero-order valence-electron chi connectivity index (χ0n) is 7.45. The number of nitrogens with zero attached hydrogens (tertiary/aromatic N) is 1. The van der Waals surface area contributed by atoms with Crippen LogP contribution in [0.2, 0.25) is 0 Å². The number of carbonyl (C=O) groups is 1. The fourth-order valence-corrected chi connectivity index (χ4v) is 0.674. The number of aliphatic carboxylic acids is 1. The van der Waals surface area contributed by atoms with Crippen LogP contribution in [-0.4, -0.2) is 11.1 Å². The molecule has 0 bridgehead atoms. The van der Waals surface area contributed by atoms with Crippen LogP contribution in [0.3, 0.4) is 0 Å². The van der Waals surface area contributed by atoms with Gasteiger partial charge < -0.3 is 5.11 Å². The third kappa shape index (κ3) is 4.59. The molecule has 0 rings (SSSR count). The Hall–Kier alpha value is -1.82. The molecule has 0 aliphatic heterocycles. The van der Waals surface area contributed by atoms with Gasteiger partial charge in [0.1, 0.15) is 11.6 Å². The van der Waals surface area contributed by atoms with Crippen molar-refractivity contribution in [1.82, 2.24) is 0 Å². The predicted octanol–water partition coefficient (Wildman–Crippen LogP) is 2.04. The zero-order chi connectivity index (χ0) is 10.3. The van der Waals surface area contributed by atoms with Crippen LogP contribution in [-0.2, 0) is 4.79 Å². The van der Waals surface area contributed by atoms with Gasteiger partial charge in [-0.2, -0.15) is 5.26 Å². The molecule has 0 aromatic rings. The number of hydrogen-bond acceptors (Lipinski definition) is 2. The molecule has 1 N–H and O–H groups in total. The highest BCUT2D eigenvalue weighted by Crippen LogP contribution is 2.05. The first-order valence-corrected chi connectivity index (χ1v) is 3.75. The summed E-state index contributed by atoms with van der Waals surface area (Å²) < 4.78 is 0. The summed E-state index contributed by atoms with van der Waals surface area (Å²) >= 11 is 0. The van der Waals surface area contributed by atoms with Crippen molar-refractivity contribution < 1.29 is 9.90 Å². The van der Waals surface area contributed by atoms with Crippen LogP contribution in [0.1, 0.15) is 13.3 Å². The van der Waals surface area contributed by atoms with E-state index in [0.29, 0.717) is 12.0 Å². The summed E-state index contributed by atoms with van der Waals surface area (Å²) in [6.45, 7) is 5.48. The molecule has 0 fully saturated rings. The fraction of sp³-hybridized carbons (Fsp3) is 0.200. The van der Waals surface area contributed by atoms with Gasteiger partial charge in [-0.1, -0.05) is 18.7 Å². The Morgan fingerprint density at radius 2 is 2.31 bits per heavy atom. The minimum atomic E-state index is -1.22. The number of carboxylic acids is 1. The molecule has 3 heteroatoms. The molecule has 3 nitrogen and oxygen atoms in total. The number of rotatable bonds is 4. The van der Waals surface area contributed by atoms with Gasteiger partial charge in [0.15, 0.2) is 0 Å². The predicted molar refractivity (Wildman–Crippen MR) is 49.9 cm³/mol. The summed E-state index contributed by atoms with van der Waals surface area (Å²) in [5.74, 6) is -1.22. The van der Waals surface area contributed by atoms with E-state index in [9.17, 15) is 4.79 Å². The lowest BCUT2D eigenvalue weighted by Crippen LogP contribution is -1.97. The van der Waals surface area contributed by atoms with Crippen molar-refractivity contribution in [2.75, 3.05) is 0 Å². The SMILES string of the molecule is C=C(/C=C(\C#N)C(=O)O)C/C=C\C. The third-order valence-corrected chi connectivity index (χ3v) is 1.32. The summed E-state index contributed by atoms with van der Waals surface area (Å²) in [6, 6.07) is 1.59. The van der Waals surface area contributed by atoms with Gasteiger partial charge in [-0.3, -0.25) is 0 Å². The standard InChI is InChI=1S/C10H11NO2/c1-3-4-5-8(2)6-9(7-11)10(12)13/h3-4,6H,2,5H2,1H3,(H,12,13)/b4-3-,9-6+. The Balaban J connectivity index is 4.45. The van der Waals surface area contributed by atoms with Crippen LogP contribution in [0.5, 0.6) is 0 Å². The van der Waals surface area contributed by atoms with E-state index in [-0.39, 0.29) is 5.57 Å². The van der Waals surface area contributed by atoms with E-state index < -0.39 is 5.97 Å². The first kappa shape index (κ1) is 11.2. The van der Waals surface area contributed by atoms with E-state index in [1.165, 1.54) is 6.08 Å². The molecule has 0 spiro atoms. The Kier molecular flexibility index (Phi) is 4.97. The highest BCUT2D eigenvalue weighted by Gasteiger charge is 2.04. The number of nitriles is 1. The second kappa shape index (κ2) is 5.78. The zero-order valence-corrected chi connectivity index (χ0v) is 7.45. The third-order valence-electron chi connectivity index (χ3n) is 1.32. The molecule has 0 saturated carbocycles. The van der Waals surface area contributed by atoms with E-state index in [1.807, 2.05) is 19.1 Å². The van der Waals surface area contributed by atoms with Gasteiger partial charge in [0.2, 0.25) is 0 Å². The van der Waals surface area contributed by atoms with Gasteiger partial charge in [0, 0.05) is 0 Å². The Bertz CT molecular complexity index is 305. The lowest BCUT2D eigenvalue weighted by Gasteiger charge is -1.93. The maximum Gasteiger partial charge on any atom is 0.346 e. The number of carboxylic acid groups (broad SMARTS) is 1. The lowest BCUT2D eigenvalue weighted by molar-refractivity contribution is -0.132. The highest BCUT2D eigenvalue weighted by atomic mass is 16.4. The molecular weight excluding hydrogens is 166 g/mol. The Morgan fingerprint density at radius 3 is 2.69 bits per heavy atom. The molecule has 0 saturated heterocycles. The molecule has 0 unspecified atom stereocenters. The van der Waals surface area contributed by atoms with Crippen LogP contribution in [0.4, 0.5) is 0 Å². The van der Waals surface area contributed by atoms with Gasteiger partial charge in [-0.15, -0.1) is 0 Å². The first-order chi connectivity index (χ1) is 6.11. The largest absolute Gasteiger partial charge is 0.477 e. The van der Waals surface area contributed by atoms with Crippen LogP contribution in [0, 0.1) is 11.3 Å². The maximum atomic E-state index is 10.4.